The molecule has 8 nitrogen and oxygen atoms in total. The second-order valence-electron chi connectivity index (χ2n) is 9.12. The van der Waals surface area contributed by atoms with E-state index in [0.29, 0.717) is 35.4 Å². The summed E-state index contributed by atoms with van der Waals surface area (Å²) in [6, 6.07) is 7.77. The van der Waals surface area contributed by atoms with Crippen LogP contribution >= 0.6 is 0 Å². The summed E-state index contributed by atoms with van der Waals surface area (Å²) in [5.41, 5.74) is 3.30. The predicted octanol–water partition coefficient (Wildman–Crippen LogP) is 3.77. The molecule has 180 valence electrons. The van der Waals surface area contributed by atoms with E-state index in [1.165, 1.54) is 6.07 Å². The van der Waals surface area contributed by atoms with Crippen LogP contribution in [0.2, 0.25) is 0 Å². The van der Waals surface area contributed by atoms with Crippen LogP contribution in [-0.4, -0.2) is 59.9 Å². The molecule has 3 aromatic rings. The van der Waals surface area contributed by atoms with Gasteiger partial charge >= 0.3 is 0 Å². The second-order valence-corrected chi connectivity index (χ2v) is 9.12. The zero-order valence-corrected chi connectivity index (χ0v) is 20.0. The van der Waals surface area contributed by atoms with Gasteiger partial charge in [0.2, 0.25) is 5.95 Å². The summed E-state index contributed by atoms with van der Waals surface area (Å²) in [5, 5.41) is 6.71. The van der Waals surface area contributed by atoms with Gasteiger partial charge in [0.15, 0.2) is 11.6 Å². The van der Waals surface area contributed by atoms with Crippen molar-refractivity contribution in [1.82, 2.24) is 19.9 Å². The van der Waals surface area contributed by atoms with E-state index in [9.17, 15) is 4.39 Å². The number of nitrogens with one attached hydrogen (secondary N) is 2. The lowest BCUT2D eigenvalue weighted by atomic mass is 10.1. The highest BCUT2D eigenvalue weighted by molar-refractivity contribution is 5.73. The van der Waals surface area contributed by atoms with Gasteiger partial charge in [0, 0.05) is 44.5 Å². The van der Waals surface area contributed by atoms with Crippen molar-refractivity contribution in [2.24, 2.45) is 7.05 Å². The molecule has 1 aromatic carbocycles. The van der Waals surface area contributed by atoms with Gasteiger partial charge in [-0.3, -0.25) is 0 Å². The maximum Gasteiger partial charge on any atom is 0.208 e. The molecule has 0 spiro atoms. The highest BCUT2D eigenvalue weighted by Gasteiger charge is 2.25. The third-order valence-electron chi connectivity index (χ3n) is 6.40. The molecule has 0 bridgehead atoms. The number of hydrogen-bond donors (Lipinski definition) is 2. The number of benzene rings is 1. The van der Waals surface area contributed by atoms with Gasteiger partial charge in [-0.25, -0.2) is 14.4 Å². The molecule has 0 radical (unpaired) electrons. The first-order chi connectivity index (χ1) is 16.5. The number of hydrogen-bond acceptors (Lipinski definition) is 7. The number of aryl methyl sites for hydroxylation is 1. The Morgan fingerprint density at radius 2 is 2.03 bits per heavy atom. The lowest BCUT2D eigenvalue weighted by Gasteiger charge is -2.34. The first-order valence-corrected chi connectivity index (χ1v) is 11.9. The first kappa shape index (κ1) is 22.5. The van der Waals surface area contributed by atoms with Gasteiger partial charge in [-0.05, 0) is 51.1 Å². The van der Waals surface area contributed by atoms with Gasteiger partial charge in [0.05, 0.1) is 29.8 Å². The minimum Gasteiger partial charge on any atom is -0.486 e. The zero-order chi connectivity index (χ0) is 23.7. The Balaban J connectivity index is 1.36. The zero-order valence-electron chi connectivity index (χ0n) is 20.0. The van der Waals surface area contributed by atoms with Crippen LogP contribution in [0.5, 0.6) is 5.75 Å². The number of rotatable bonds is 5. The average molecular weight is 466 g/mol. The number of ether oxygens (including phenoxy) is 1. The highest BCUT2D eigenvalue weighted by Crippen LogP contribution is 2.39. The standard InChI is InChI=1S/C25H32FN7O/c1-17(2)33-11-12-34-24-20(26)13-18(14-22(24)33)21-16-31(3)25(29-21)30-23-6-5-19(15-28-23)32-9-4-7-27-8-10-32/h5-6,13-17,27H,4,7-12H2,1-3H3,(H,28,29,30). The van der Waals surface area contributed by atoms with Crippen molar-refractivity contribution in [1.29, 1.82) is 0 Å². The third kappa shape index (κ3) is 4.52. The van der Waals surface area contributed by atoms with Crippen LogP contribution in [0.15, 0.2) is 36.7 Å². The minimum atomic E-state index is -0.362. The Labute approximate surface area is 199 Å². The number of nitrogens with zero attached hydrogens (tertiary/aromatic N) is 5. The largest absolute Gasteiger partial charge is 0.486 e. The lowest BCUT2D eigenvalue weighted by molar-refractivity contribution is 0.287. The maximum absolute atomic E-state index is 14.9. The Morgan fingerprint density at radius 3 is 2.82 bits per heavy atom. The molecule has 1 fully saturated rings. The van der Waals surface area contributed by atoms with Crippen LogP contribution in [0.25, 0.3) is 11.3 Å². The van der Waals surface area contributed by atoms with Gasteiger partial charge in [-0.1, -0.05) is 0 Å². The van der Waals surface area contributed by atoms with E-state index >= 15 is 0 Å². The van der Waals surface area contributed by atoms with Crippen molar-refractivity contribution in [3.63, 3.8) is 0 Å². The summed E-state index contributed by atoms with van der Waals surface area (Å²) in [6.07, 6.45) is 4.92. The van der Waals surface area contributed by atoms with Crippen molar-refractivity contribution < 1.29 is 9.13 Å². The minimum absolute atomic E-state index is 0.248. The average Bonchev–Trinajstić information content (AvgIpc) is 3.02. The molecule has 5 rings (SSSR count). The normalized spacial score (nSPS) is 16.3. The first-order valence-electron chi connectivity index (χ1n) is 11.9. The Hall–Kier alpha value is -3.33. The Kier molecular flexibility index (Phi) is 6.28. The van der Waals surface area contributed by atoms with E-state index in [1.807, 2.05) is 36.1 Å². The number of imidazole rings is 1. The number of pyridine rings is 1. The van der Waals surface area contributed by atoms with Crippen LogP contribution in [0.4, 0.5) is 27.5 Å². The van der Waals surface area contributed by atoms with Gasteiger partial charge in [-0.2, -0.15) is 0 Å². The van der Waals surface area contributed by atoms with E-state index in [4.69, 9.17) is 9.72 Å². The predicted molar refractivity (Wildman–Crippen MR) is 134 cm³/mol. The van der Waals surface area contributed by atoms with E-state index in [2.05, 4.69) is 45.3 Å². The fourth-order valence-corrected chi connectivity index (χ4v) is 4.57. The molecule has 0 unspecified atom stereocenters. The van der Waals surface area contributed by atoms with Crippen LogP contribution < -0.4 is 25.2 Å². The van der Waals surface area contributed by atoms with E-state index in [1.54, 1.807) is 0 Å². The molecule has 2 aliphatic heterocycles. The molecular formula is C25H32FN7O. The van der Waals surface area contributed by atoms with Crippen molar-refractivity contribution in [3.05, 3.63) is 42.5 Å². The second kappa shape index (κ2) is 9.50. The van der Waals surface area contributed by atoms with Gasteiger partial charge in [0.25, 0.3) is 0 Å². The number of anilines is 4. The molecule has 9 heteroatoms. The van der Waals surface area contributed by atoms with Crippen LogP contribution in [0.1, 0.15) is 20.3 Å². The Bertz CT molecular complexity index is 1140. The Morgan fingerprint density at radius 1 is 1.15 bits per heavy atom. The molecule has 2 N–H and O–H groups in total. The van der Waals surface area contributed by atoms with Gasteiger partial charge in [-0.15, -0.1) is 0 Å². The molecule has 4 heterocycles. The fourth-order valence-electron chi connectivity index (χ4n) is 4.57. The van der Waals surface area contributed by atoms with Crippen LogP contribution in [-0.2, 0) is 7.05 Å². The topological polar surface area (TPSA) is 70.5 Å². The monoisotopic (exact) mass is 465 g/mol. The van der Waals surface area contributed by atoms with Crippen LogP contribution in [0, 0.1) is 5.82 Å². The van der Waals surface area contributed by atoms with Gasteiger partial charge < -0.3 is 29.7 Å². The molecule has 0 amide bonds. The molecule has 2 aliphatic rings. The summed E-state index contributed by atoms with van der Waals surface area (Å²) >= 11 is 0. The summed E-state index contributed by atoms with van der Waals surface area (Å²) in [5.74, 6) is 1.32. The quantitative estimate of drug-likeness (QED) is 0.594. The van der Waals surface area contributed by atoms with Gasteiger partial charge in [0.1, 0.15) is 12.4 Å². The molecule has 0 atom stereocenters. The molecule has 0 saturated carbocycles. The summed E-state index contributed by atoms with van der Waals surface area (Å²) in [4.78, 5) is 13.8. The van der Waals surface area contributed by atoms with Crippen molar-refractivity contribution >= 4 is 23.1 Å². The molecule has 0 aliphatic carbocycles. The number of aromatic nitrogens is 3. The molecular weight excluding hydrogens is 433 g/mol. The molecule has 34 heavy (non-hydrogen) atoms. The number of halogens is 1. The smallest absolute Gasteiger partial charge is 0.208 e. The highest BCUT2D eigenvalue weighted by atomic mass is 19.1. The molecule has 1 saturated heterocycles. The van der Waals surface area contributed by atoms with Crippen molar-refractivity contribution in [2.45, 2.75) is 26.3 Å². The maximum atomic E-state index is 14.9. The van der Waals surface area contributed by atoms with Crippen molar-refractivity contribution in [3.8, 4) is 17.0 Å². The van der Waals surface area contributed by atoms with E-state index < -0.39 is 0 Å². The molecule has 2 aromatic heterocycles. The van der Waals surface area contributed by atoms with Crippen LogP contribution in [0.3, 0.4) is 0 Å². The summed E-state index contributed by atoms with van der Waals surface area (Å²) < 4.78 is 22.4. The third-order valence-corrected chi connectivity index (χ3v) is 6.40. The fraction of sp³-hybridized carbons (Fsp3) is 0.440. The summed E-state index contributed by atoms with van der Waals surface area (Å²) in [7, 11) is 1.91. The van der Waals surface area contributed by atoms with E-state index in [-0.39, 0.29) is 11.9 Å². The van der Waals surface area contributed by atoms with E-state index in [0.717, 1.165) is 50.5 Å². The SMILES string of the molecule is CC(C)N1CCOc2c(F)cc(-c3cn(C)c(Nc4ccc(N5CCCNCC5)cn4)n3)cc21. The lowest BCUT2D eigenvalue weighted by Crippen LogP contribution is -2.38. The van der Waals surface area contributed by atoms with Crippen molar-refractivity contribution in [2.75, 3.05) is 54.4 Å². The number of fused-ring (bicyclic) bond motifs is 1. The summed E-state index contributed by atoms with van der Waals surface area (Å²) in [6.45, 7) is 9.48.